The van der Waals surface area contributed by atoms with Crippen LogP contribution in [0.3, 0.4) is 0 Å². The smallest absolute Gasteiger partial charge is 0.341 e. The summed E-state index contributed by atoms with van der Waals surface area (Å²) in [5, 5.41) is 2.60. The lowest BCUT2D eigenvalue weighted by Gasteiger charge is -2.14. The zero-order valence-electron chi connectivity index (χ0n) is 13.0. The van der Waals surface area contributed by atoms with Crippen LogP contribution in [0.4, 0.5) is 10.1 Å². The van der Waals surface area contributed by atoms with E-state index in [1.165, 1.54) is 19.1 Å². The highest BCUT2D eigenvalue weighted by Gasteiger charge is 2.22. The van der Waals surface area contributed by atoms with Crippen molar-refractivity contribution >= 4 is 33.5 Å². The van der Waals surface area contributed by atoms with Crippen LogP contribution in [-0.4, -0.2) is 24.8 Å². The highest BCUT2D eigenvalue weighted by molar-refractivity contribution is 9.10. The SMILES string of the molecule is C[C@@H](OC(=O)c1ccc(Br)cc1F)C(=O)Nc1ccc2c(c1)OCO2. The van der Waals surface area contributed by atoms with E-state index in [1.807, 2.05) is 0 Å². The van der Waals surface area contributed by atoms with Crippen molar-refractivity contribution in [2.24, 2.45) is 0 Å². The molecule has 1 amide bonds. The van der Waals surface area contributed by atoms with E-state index in [0.29, 0.717) is 21.7 Å². The lowest BCUT2D eigenvalue weighted by atomic mass is 10.2. The number of halogens is 2. The predicted molar refractivity (Wildman–Crippen MR) is 90.2 cm³/mol. The van der Waals surface area contributed by atoms with Gasteiger partial charge in [0.15, 0.2) is 17.6 Å². The molecule has 0 unspecified atom stereocenters. The van der Waals surface area contributed by atoms with Gasteiger partial charge in [0.1, 0.15) is 5.82 Å². The maximum atomic E-state index is 13.8. The van der Waals surface area contributed by atoms with E-state index in [2.05, 4.69) is 21.2 Å². The van der Waals surface area contributed by atoms with Crippen LogP contribution in [0.5, 0.6) is 11.5 Å². The fourth-order valence-electron chi connectivity index (χ4n) is 2.15. The molecule has 0 bridgehead atoms. The summed E-state index contributed by atoms with van der Waals surface area (Å²) in [5.41, 5.74) is 0.220. The molecular formula is C17H13BrFNO5. The third kappa shape index (κ3) is 3.90. The van der Waals surface area contributed by atoms with Crippen molar-refractivity contribution in [2.45, 2.75) is 13.0 Å². The predicted octanol–water partition coefficient (Wildman–Crippen LogP) is 3.50. The number of anilines is 1. The molecule has 0 aromatic heterocycles. The van der Waals surface area contributed by atoms with Crippen LogP contribution in [0.15, 0.2) is 40.9 Å². The van der Waals surface area contributed by atoms with E-state index in [0.717, 1.165) is 6.07 Å². The summed E-state index contributed by atoms with van der Waals surface area (Å²) in [6.07, 6.45) is -1.11. The summed E-state index contributed by atoms with van der Waals surface area (Å²) < 4.78 is 29.7. The van der Waals surface area contributed by atoms with E-state index in [4.69, 9.17) is 14.2 Å². The summed E-state index contributed by atoms with van der Waals surface area (Å²) in [5.74, 6) is -1.10. The van der Waals surface area contributed by atoms with Crippen LogP contribution in [0.2, 0.25) is 0 Å². The van der Waals surface area contributed by atoms with Crippen LogP contribution < -0.4 is 14.8 Å². The molecule has 1 atom stereocenters. The third-order valence-electron chi connectivity index (χ3n) is 3.44. The van der Waals surface area contributed by atoms with Crippen molar-refractivity contribution in [1.29, 1.82) is 0 Å². The number of benzene rings is 2. The number of carbonyl (C=O) groups is 2. The lowest BCUT2D eigenvalue weighted by Crippen LogP contribution is -2.30. The maximum Gasteiger partial charge on any atom is 0.341 e. The minimum absolute atomic E-state index is 0.125. The summed E-state index contributed by atoms with van der Waals surface area (Å²) in [6, 6.07) is 8.83. The first kappa shape index (κ1) is 17.2. The molecule has 2 aromatic carbocycles. The van der Waals surface area contributed by atoms with Gasteiger partial charge < -0.3 is 19.5 Å². The molecular weight excluding hydrogens is 397 g/mol. The fourth-order valence-corrected chi connectivity index (χ4v) is 2.48. The fraction of sp³-hybridized carbons (Fsp3) is 0.176. The molecule has 1 heterocycles. The Kier molecular flexibility index (Phi) is 4.89. The van der Waals surface area contributed by atoms with Crippen molar-refractivity contribution in [2.75, 3.05) is 12.1 Å². The van der Waals surface area contributed by atoms with Gasteiger partial charge in [-0.1, -0.05) is 15.9 Å². The molecule has 6 nitrogen and oxygen atoms in total. The Balaban J connectivity index is 1.63. The van der Waals surface area contributed by atoms with Crippen molar-refractivity contribution in [3.63, 3.8) is 0 Å². The number of amides is 1. The third-order valence-corrected chi connectivity index (χ3v) is 3.94. The topological polar surface area (TPSA) is 73.9 Å². The van der Waals surface area contributed by atoms with Crippen LogP contribution in [0.25, 0.3) is 0 Å². The molecule has 0 spiro atoms. The van der Waals surface area contributed by atoms with Gasteiger partial charge in [-0.05, 0) is 37.3 Å². The molecule has 1 aliphatic rings. The Morgan fingerprint density at radius 3 is 2.72 bits per heavy atom. The number of hydrogen-bond donors (Lipinski definition) is 1. The molecule has 0 saturated heterocycles. The highest BCUT2D eigenvalue weighted by Crippen LogP contribution is 2.34. The largest absolute Gasteiger partial charge is 0.454 e. The number of hydrogen-bond acceptors (Lipinski definition) is 5. The van der Waals surface area contributed by atoms with E-state index in [-0.39, 0.29) is 12.4 Å². The lowest BCUT2D eigenvalue weighted by molar-refractivity contribution is -0.123. The quantitative estimate of drug-likeness (QED) is 0.782. The van der Waals surface area contributed by atoms with Crippen LogP contribution in [0.1, 0.15) is 17.3 Å². The van der Waals surface area contributed by atoms with Gasteiger partial charge in [-0.3, -0.25) is 4.79 Å². The van der Waals surface area contributed by atoms with Crippen molar-refractivity contribution < 1.29 is 28.2 Å². The van der Waals surface area contributed by atoms with Crippen molar-refractivity contribution in [3.8, 4) is 11.5 Å². The molecule has 0 saturated carbocycles. The second kappa shape index (κ2) is 7.10. The minimum atomic E-state index is -1.11. The first-order chi connectivity index (χ1) is 11.9. The molecule has 3 rings (SSSR count). The van der Waals surface area contributed by atoms with Gasteiger partial charge in [-0.15, -0.1) is 0 Å². The Bertz CT molecular complexity index is 842. The van der Waals surface area contributed by atoms with E-state index in [9.17, 15) is 14.0 Å². The Morgan fingerprint density at radius 1 is 1.20 bits per heavy atom. The van der Waals surface area contributed by atoms with E-state index in [1.54, 1.807) is 18.2 Å². The van der Waals surface area contributed by atoms with Crippen LogP contribution in [-0.2, 0) is 9.53 Å². The summed E-state index contributed by atoms with van der Waals surface area (Å²) in [4.78, 5) is 24.2. The second-order valence-electron chi connectivity index (χ2n) is 5.23. The number of carbonyl (C=O) groups excluding carboxylic acids is 2. The van der Waals surface area contributed by atoms with Gasteiger partial charge in [0.25, 0.3) is 5.91 Å². The highest BCUT2D eigenvalue weighted by atomic mass is 79.9. The zero-order chi connectivity index (χ0) is 18.0. The van der Waals surface area contributed by atoms with E-state index >= 15 is 0 Å². The average Bonchev–Trinajstić information content (AvgIpc) is 3.02. The van der Waals surface area contributed by atoms with Crippen LogP contribution >= 0.6 is 15.9 Å². The second-order valence-corrected chi connectivity index (χ2v) is 6.14. The summed E-state index contributed by atoms with van der Waals surface area (Å²) in [6.45, 7) is 1.52. The molecule has 0 fully saturated rings. The van der Waals surface area contributed by atoms with Crippen molar-refractivity contribution in [1.82, 2.24) is 0 Å². The standard InChI is InChI=1S/C17H13BrFNO5/c1-9(25-17(22)12-4-2-10(18)6-13(12)19)16(21)20-11-3-5-14-15(7-11)24-8-23-14/h2-7,9H,8H2,1H3,(H,20,21)/t9-/m1/s1. The van der Waals surface area contributed by atoms with Gasteiger partial charge in [0.05, 0.1) is 5.56 Å². The Labute approximate surface area is 151 Å². The summed E-state index contributed by atoms with van der Waals surface area (Å²) >= 11 is 3.10. The molecule has 1 N–H and O–H groups in total. The summed E-state index contributed by atoms with van der Waals surface area (Å²) in [7, 11) is 0. The van der Waals surface area contributed by atoms with Gasteiger partial charge in [-0.2, -0.15) is 0 Å². The number of esters is 1. The molecule has 1 aliphatic heterocycles. The molecule has 8 heteroatoms. The van der Waals surface area contributed by atoms with Gasteiger partial charge in [-0.25, -0.2) is 9.18 Å². The molecule has 0 radical (unpaired) electrons. The Hall–Kier alpha value is -2.61. The minimum Gasteiger partial charge on any atom is -0.454 e. The van der Waals surface area contributed by atoms with Crippen LogP contribution in [0, 0.1) is 5.82 Å². The van der Waals surface area contributed by atoms with Crippen molar-refractivity contribution in [3.05, 3.63) is 52.3 Å². The number of fused-ring (bicyclic) bond motifs is 1. The molecule has 0 aliphatic carbocycles. The zero-order valence-corrected chi connectivity index (χ0v) is 14.6. The van der Waals surface area contributed by atoms with Gasteiger partial charge in [0, 0.05) is 16.2 Å². The number of nitrogens with one attached hydrogen (secondary N) is 1. The molecule has 25 heavy (non-hydrogen) atoms. The first-order valence-electron chi connectivity index (χ1n) is 7.30. The average molecular weight is 410 g/mol. The maximum absolute atomic E-state index is 13.8. The number of rotatable bonds is 4. The monoisotopic (exact) mass is 409 g/mol. The molecule has 2 aromatic rings. The van der Waals surface area contributed by atoms with Gasteiger partial charge in [0.2, 0.25) is 6.79 Å². The first-order valence-corrected chi connectivity index (χ1v) is 8.10. The number of ether oxygens (including phenoxy) is 3. The Morgan fingerprint density at radius 2 is 1.96 bits per heavy atom. The van der Waals surface area contributed by atoms with Gasteiger partial charge >= 0.3 is 5.97 Å². The normalized spacial score (nSPS) is 13.2. The van der Waals surface area contributed by atoms with E-state index < -0.39 is 23.8 Å². The molecule has 130 valence electrons.